The van der Waals surface area contributed by atoms with E-state index >= 15 is 0 Å². The van der Waals surface area contributed by atoms with Crippen LogP contribution in [0.5, 0.6) is 28.7 Å². The fraction of sp³-hybridized carbons (Fsp3) is 0.552. The van der Waals surface area contributed by atoms with E-state index in [2.05, 4.69) is 15.1 Å². The monoisotopic (exact) mass is 766 g/mol. The first kappa shape index (κ1) is 29.7. The molecular weight excluding hydrogens is 729 g/mol. The second-order valence-electron chi connectivity index (χ2n) is 11.2. The average Bonchev–Trinajstić information content (AvgIpc) is 3.39. The zero-order chi connectivity index (χ0) is 27.7. The Balaban J connectivity index is 0.00000323. The van der Waals surface area contributed by atoms with E-state index in [1.165, 1.54) is 0 Å². The zero-order valence-electron chi connectivity index (χ0n) is 23.7. The summed E-state index contributed by atoms with van der Waals surface area (Å²) in [6.07, 6.45) is 1.21. The summed E-state index contributed by atoms with van der Waals surface area (Å²) in [6.45, 7) is 5.94. The summed E-state index contributed by atoms with van der Waals surface area (Å²) in [6, 6.07) is 0.716. The van der Waals surface area contributed by atoms with Crippen molar-refractivity contribution in [1.29, 1.82) is 0 Å². The second kappa shape index (κ2) is 11.1. The van der Waals surface area contributed by atoms with Crippen LogP contribution in [0.25, 0.3) is 0 Å². The maximum Gasteiger partial charge on any atom is 0.231 e. The molecule has 2 aromatic carbocycles. The number of aromatic hydroxyl groups is 2. The Labute approximate surface area is 270 Å². The molecule has 4 N–H and O–H groups in total. The van der Waals surface area contributed by atoms with Crippen LogP contribution in [0.4, 0.5) is 0 Å². The Bertz CT molecular complexity index is 1350. The van der Waals surface area contributed by atoms with E-state index in [-0.39, 0.29) is 92.9 Å². The van der Waals surface area contributed by atoms with E-state index in [1.807, 2.05) is 27.0 Å². The minimum absolute atomic E-state index is 0. The molecule has 1 radical (unpaired) electrons. The van der Waals surface area contributed by atoms with Crippen LogP contribution in [-0.4, -0.2) is 76.8 Å². The van der Waals surface area contributed by atoms with Crippen LogP contribution in [0, 0.1) is 57.9 Å². The van der Waals surface area contributed by atoms with E-state index in [9.17, 15) is 20.1 Å². The van der Waals surface area contributed by atoms with Gasteiger partial charge in [-0.2, -0.15) is 0 Å². The number of ether oxygens (including phenoxy) is 3. The van der Waals surface area contributed by atoms with Gasteiger partial charge in [0.05, 0.1) is 25.2 Å². The number of phenolic OH excluding ortho intramolecular Hbond substituents is 2. The van der Waals surface area contributed by atoms with Crippen molar-refractivity contribution in [3.05, 3.63) is 39.4 Å². The predicted molar refractivity (Wildman–Crippen MR) is 142 cm³/mol. The molecule has 4 heterocycles. The first-order valence-electron chi connectivity index (χ1n) is 13.7. The Morgan fingerprint density at radius 1 is 1.12 bits per heavy atom. The van der Waals surface area contributed by atoms with Crippen molar-refractivity contribution in [3.8, 4) is 28.7 Å². The standard InChI is InChI=1S/C29H37N3O7.Ac/c1-6-7-20(33)30-11-19-22-16(24(34)14(3)27-28(22)39-12-38-27)10-17-23-21-15(8-13(2)26(37-5)25(21)35)9-18(31(23)4)29(36)32(17)19;/h8,17-19,23,29,34-36H,6-7,9-12H2,1-5H3,(H,30,33);/t17?,18-,19-,23-,29?;/m0./s1. The van der Waals surface area contributed by atoms with E-state index in [0.29, 0.717) is 42.1 Å². The summed E-state index contributed by atoms with van der Waals surface area (Å²) in [5.74, 6) is 1.69. The summed E-state index contributed by atoms with van der Waals surface area (Å²) in [7, 11) is 3.53. The zero-order valence-corrected chi connectivity index (χ0v) is 28.4. The minimum Gasteiger partial charge on any atom is -0.507 e. The Morgan fingerprint density at radius 2 is 1.85 bits per heavy atom. The first-order chi connectivity index (χ1) is 18.7. The summed E-state index contributed by atoms with van der Waals surface area (Å²) >= 11 is 0. The molecule has 0 saturated carbocycles. The largest absolute Gasteiger partial charge is 0.507 e. The second-order valence-corrected chi connectivity index (χ2v) is 11.2. The molecule has 10 nitrogen and oxygen atoms in total. The molecule has 213 valence electrons. The van der Waals surface area contributed by atoms with E-state index in [4.69, 9.17) is 14.2 Å². The van der Waals surface area contributed by atoms with Crippen LogP contribution in [0.2, 0.25) is 0 Å². The molecule has 1 saturated heterocycles. The number of carbonyl (C=O) groups is 1. The van der Waals surface area contributed by atoms with Gasteiger partial charge >= 0.3 is 0 Å². The fourth-order valence-electron chi connectivity index (χ4n) is 7.38. The number of aliphatic hydroxyl groups excluding tert-OH is 1. The topological polar surface area (TPSA) is 124 Å². The molecule has 40 heavy (non-hydrogen) atoms. The molecule has 4 aliphatic rings. The molecule has 2 bridgehead atoms. The fourth-order valence-corrected chi connectivity index (χ4v) is 7.38. The molecule has 6 rings (SSSR count). The number of likely N-dealkylation sites (N-methyl/N-ethyl adjacent to an activating group) is 1. The summed E-state index contributed by atoms with van der Waals surface area (Å²) in [5, 5.41) is 37.9. The van der Waals surface area contributed by atoms with Gasteiger partial charge in [0.25, 0.3) is 0 Å². The third-order valence-electron chi connectivity index (χ3n) is 9.09. The first-order valence-corrected chi connectivity index (χ1v) is 13.7. The number of hydrogen-bond donors (Lipinski definition) is 4. The molecular formula is C29H37AcN3O7. The number of aryl methyl sites for hydroxylation is 1. The van der Waals surface area contributed by atoms with Gasteiger partial charge in [-0.15, -0.1) is 0 Å². The number of nitrogens with one attached hydrogen (secondary N) is 1. The number of phenols is 2. The number of amides is 1. The van der Waals surface area contributed by atoms with Gasteiger partial charge in [-0.1, -0.05) is 13.0 Å². The molecule has 0 spiro atoms. The van der Waals surface area contributed by atoms with Gasteiger partial charge in [0.2, 0.25) is 12.7 Å². The molecule has 0 aromatic heterocycles. The molecule has 5 atom stereocenters. The number of benzene rings is 2. The van der Waals surface area contributed by atoms with Crippen LogP contribution < -0.4 is 19.5 Å². The number of carbonyl (C=O) groups excluding carboxylic acids is 1. The Hall–Kier alpha value is -1.77. The SMILES string of the molecule is CCCC(=O)NC[C@H]1c2c(c(O)c(C)c3c2OCO3)CC2[C@H]3c4c(cc(C)c(OC)c4O)C[C@@H](C(O)N21)N3C.[Ac]. The molecule has 11 heteroatoms. The van der Waals surface area contributed by atoms with Crippen molar-refractivity contribution >= 4 is 5.91 Å². The van der Waals surface area contributed by atoms with Gasteiger partial charge in [-0.25, -0.2) is 0 Å². The van der Waals surface area contributed by atoms with Crippen molar-refractivity contribution in [3.63, 3.8) is 0 Å². The maximum absolute atomic E-state index is 12.6. The molecule has 2 aromatic rings. The van der Waals surface area contributed by atoms with E-state index < -0.39 is 12.3 Å². The molecule has 2 unspecified atom stereocenters. The summed E-state index contributed by atoms with van der Waals surface area (Å²) < 4.78 is 17.3. The van der Waals surface area contributed by atoms with E-state index in [0.717, 1.165) is 34.2 Å². The van der Waals surface area contributed by atoms with Crippen LogP contribution in [-0.2, 0) is 17.6 Å². The number of fused-ring (bicyclic) bond motifs is 9. The van der Waals surface area contributed by atoms with Crippen molar-refractivity contribution in [2.24, 2.45) is 0 Å². The van der Waals surface area contributed by atoms with Crippen molar-refractivity contribution in [2.75, 3.05) is 27.5 Å². The van der Waals surface area contributed by atoms with Gasteiger partial charge in [-0.05, 0) is 51.3 Å². The number of methoxy groups -OCH3 is 1. The van der Waals surface area contributed by atoms with Crippen molar-refractivity contribution in [1.82, 2.24) is 15.1 Å². The number of rotatable bonds is 5. The summed E-state index contributed by atoms with van der Waals surface area (Å²) in [4.78, 5) is 16.8. The van der Waals surface area contributed by atoms with Crippen LogP contribution in [0.15, 0.2) is 6.07 Å². The Morgan fingerprint density at radius 3 is 2.55 bits per heavy atom. The number of aliphatic hydroxyl groups is 1. The van der Waals surface area contributed by atoms with Gasteiger partial charge in [0.15, 0.2) is 23.0 Å². The number of hydrogen-bond acceptors (Lipinski definition) is 9. The van der Waals surface area contributed by atoms with Gasteiger partial charge in [-0.3, -0.25) is 14.6 Å². The van der Waals surface area contributed by atoms with Crippen LogP contribution in [0.1, 0.15) is 65.2 Å². The Kier molecular flexibility index (Phi) is 8.28. The molecule has 4 aliphatic heterocycles. The van der Waals surface area contributed by atoms with Gasteiger partial charge in [0.1, 0.15) is 12.0 Å². The quantitative estimate of drug-likeness (QED) is 0.364. The normalized spacial score (nSPS) is 26.3. The average molecular weight is 767 g/mol. The van der Waals surface area contributed by atoms with Crippen LogP contribution in [0.3, 0.4) is 0 Å². The van der Waals surface area contributed by atoms with Crippen LogP contribution >= 0.6 is 0 Å². The number of piperazine rings is 1. The van der Waals surface area contributed by atoms with E-state index in [1.54, 1.807) is 14.0 Å². The third-order valence-corrected chi connectivity index (χ3v) is 9.09. The van der Waals surface area contributed by atoms with Gasteiger partial charge < -0.3 is 34.8 Å². The molecule has 1 fully saturated rings. The number of nitrogens with zero attached hydrogens (tertiary/aromatic N) is 2. The molecule has 0 aliphatic carbocycles. The summed E-state index contributed by atoms with van der Waals surface area (Å²) in [5.41, 5.74) is 4.68. The van der Waals surface area contributed by atoms with Crippen molar-refractivity contribution in [2.45, 2.75) is 76.8 Å². The smallest absolute Gasteiger partial charge is 0.231 e. The predicted octanol–water partition coefficient (Wildman–Crippen LogP) is 2.57. The minimum atomic E-state index is -0.864. The van der Waals surface area contributed by atoms with Crippen molar-refractivity contribution < 1.29 is 78.4 Å². The molecule has 1 amide bonds. The van der Waals surface area contributed by atoms with Gasteiger partial charge in [0, 0.05) is 85.3 Å². The maximum atomic E-state index is 12.6. The third kappa shape index (κ3) is 4.30.